The highest BCUT2D eigenvalue weighted by Crippen LogP contribution is 2.31. The first-order valence-corrected chi connectivity index (χ1v) is 8.06. The van der Waals surface area contributed by atoms with Crippen molar-refractivity contribution in [2.75, 3.05) is 11.1 Å². The standard InChI is InChI=1S/C20H16F3N3O/c1-12-8-9-13(10-16(12)17-6-3-7-18(24)26-17)19(27)25-15-5-2-4-14(11-15)20(21,22)23/h2-11H,1H3,(H2,24,26)(H,25,27). The number of hydrogen-bond donors (Lipinski definition) is 2. The summed E-state index contributed by atoms with van der Waals surface area (Å²) in [6, 6.07) is 14.7. The highest BCUT2D eigenvalue weighted by Gasteiger charge is 2.30. The number of aryl methyl sites for hydroxylation is 1. The number of alkyl halides is 3. The van der Waals surface area contributed by atoms with Crippen molar-refractivity contribution in [2.45, 2.75) is 13.1 Å². The second-order valence-corrected chi connectivity index (χ2v) is 6.01. The summed E-state index contributed by atoms with van der Waals surface area (Å²) in [5.74, 6) is -0.162. The maximum atomic E-state index is 12.8. The van der Waals surface area contributed by atoms with Gasteiger partial charge in [0.25, 0.3) is 5.91 Å². The monoisotopic (exact) mass is 371 g/mol. The van der Waals surface area contributed by atoms with E-state index in [1.165, 1.54) is 12.1 Å². The molecule has 0 atom stereocenters. The van der Waals surface area contributed by atoms with E-state index in [0.29, 0.717) is 17.1 Å². The van der Waals surface area contributed by atoms with Crippen molar-refractivity contribution in [1.82, 2.24) is 4.98 Å². The molecule has 7 heteroatoms. The zero-order valence-electron chi connectivity index (χ0n) is 14.3. The van der Waals surface area contributed by atoms with Crippen molar-refractivity contribution in [3.63, 3.8) is 0 Å². The number of aromatic nitrogens is 1. The molecule has 3 N–H and O–H groups in total. The lowest BCUT2D eigenvalue weighted by atomic mass is 10.0. The molecule has 0 aliphatic rings. The lowest BCUT2D eigenvalue weighted by Gasteiger charge is -2.11. The van der Waals surface area contributed by atoms with Crippen molar-refractivity contribution in [3.8, 4) is 11.3 Å². The first-order valence-electron chi connectivity index (χ1n) is 8.06. The van der Waals surface area contributed by atoms with Crippen LogP contribution in [0.2, 0.25) is 0 Å². The van der Waals surface area contributed by atoms with Gasteiger partial charge in [-0.05, 0) is 55.0 Å². The summed E-state index contributed by atoms with van der Waals surface area (Å²) < 4.78 is 38.4. The van der Waals surface area contributed by atoms with Gasteiger partial charge < -0.3 is 11.1 Å². The molecular weight excluding hydrogens is 355 g/mol. The van der Waals surface area contributed by atoms with E-state index < -0.39 is 17.6 Å². The van der Waals surface area contributed by atoms with Gasteiger partial charge in [-0.2, -0.15) is 13.2 Å². The lowest BCUT2D eigenvalue weighted by molar-refractivity contribution is -0.137. The second-order valence-electron chi connectivity index (χ2n) is 6.01. The van der Waals surface area contributed by atoms with Crippen LogP contribution in [-0.4, -0.2) is 10.9 Å². The highest BCUT2D eigenvalue weighted by atomic mass is 19.4. The van der Waals surface area contributed by atoms with Crippen molar-refractivity contribution in [1.29, 1.82) is 0 Å². The Morgan fingerprint density at radius 3 is 2.48 bits per heavy atom. The average molecular weight is 371 g/mol. The first-order chi connectivity index (χ1) is 12.7. The summed E-state index contributed by atoms with van der Waals surface area (Å²) in [5, 5.41) is 2.50. The van der Waals surface area contributed by atoms with Crippen LogP contribution in [0.3, 0.4) is 0 Å². The largest absolute Gasteiger partial charge is 0.416 e. The van der Waals surface area contributed by atoms with Gasteiger partial charge in [0.1, 0.15) is 5.82 Å². The van der Waals surface area contributed by atoms with E-state index >= 15 is 0 Å². The fourth-order valence-corrected chi connectivity index (χ4v) is 2.62. The molecule has 1 amide bonds. The molecule has 0 spiro atoms. The van der Waals surface area contributed by atoms with Crippen LogP contribution >= 0.6 is 0 Å². The number of amides is 1. The van der Waals surface area contributed by atoms with Crippen molar-refractivity contribution >= 4 is 17.4 Å². The fraction of sp³-hybridized carbons (Fsp3) is 0.100. The second kappa shape index (κ2) is 7.11. The van der Waals surface area contributed by atoms with Gasteiger partial charge in [-0.15, -0.1) is 0 Å². The number of benzene rings is 2. The summed E-state index contributed by atoms with van der Waals surface area (Å²) in [4.78, 5) is 16.7. The number of nitrogens with one attached hydrogen (secondary N) is 1. The molecule has 0 aliphatic carbocycles. The molecule has 3 aromatic rings. The summed E-state index contributed by atoms with van der Waals surface area (Å²) >= 11 is 0. The van der Waals surface area contributed by atoms with E-state index in [-0.39, 0.29) is 5.69 Å². The van der Waals surface area contributed by atoms with E-state index in [4.69, 9.17) is 5.73 Å². The molecular formula is C20H16F3N3O. The van der Waals surface area contributed by atoms with Crippen LogP contribution in [0.25, 0.3) is 11.3 Å². The molecule has 0 fully saturated rings. The average Bonchev–Trinajstić information content (AvgIpc) is 2.61. The van der Waals surface area contributed by atoms with Crippen LogP contribution in [0.5, 0.6) is 0 Å². The SMILES string of the molecule is Cc1ccc(C(=O)Nc2cccc(C(F)(F)F)c2)cc1-c1cccc(N)n1. The van der Waals surface area contributed by atoms with Gasteiger partial charge in [-0.3, -0.25) is 4.79 Å². The number of halogens is 3. The van der Waals surface area contributed by atoms with Crippen LogP contribution in [-0.2, 0) is 6.18 Å². The topological polar surface area (TPSA) is 68.0 Å². The quantitative estimate of drug-likeness (QED) is 0.687. The molecule has 138 valence electrons. The maximum Gasteiger partial charge on any atom is 0.416 e. The summed E-state index contributed by atoms with van der Waals surface area (Å²) in [5.41, 5.74) is 7.49. The molecule has 2 aromatic carbocycles. The molecule has 0 radical (unpaired) electrons. The van der Waals surface area contributed by atoms with E-state index in [1.807, 2.05) is 6.92 Å². The maximum absolute atomic E-state index is 12.8. The van der Waals surface area contributed by atoms with Crippen molar-refractivity contribution in [3.05, 3.63) is 77.4 Å². The molecule has 4 nitrogen and oxygen atoms in total. The number of hydrogen-bond acceptors (Lipinski definition) is 3. The Labute approximate surface area is 153 Å². The molecule has 0 aliphatic heterocycles. The zero-order chi connectivity index (χ0) is 19.6. The number of carbonyl (C=O) groups is 1. The predicted molar refractivity (Wildman–Crippen MR) is 98.2 cm³/mol. The number of rotatable bonds is 3. The van der Waals surface area contributed by atoms with Gasteiger partial charge in [0.2, 0.25) is 0 Å². The number of carbonyl (C=O) groups excluding carboxylic acids is 1. The van der Waals surface area contributed by atoms with Crippen LogP contribution in [0.1, 0.15) is 21.5 Å². The third-order valence-corrected chi connectivity index (χ3v) is 3.99. The van der Waals surface area contributed by atoms with E-state index in [9.17, 15) is 18.0 Å². The summed E-state index contributed by atoms with van der Waals surface area (Å²) in [6.07, 6.45) is -4.48. The molecule has 0 bridgehead atoms. The Kier molecular flexibility index (Phi) is 4.85. The van der Waals surface area contributed by atoms with E-state index in [2.05, 4.69) is 10.3 Å². The van der Waals surface area contributed by atoms with Gasteiger partial charge >= 0.3 is 6.18 Å². The minimum Gasteiger partial charge on any atom is -0.384 e. The van der Waals surface area contributed by atoms with Crippen LogP contribution in [0, 0.1) is 6.92 Å². The predicted octanol–water partition coefficient (Wildman–Crippen LogP) is 4.91. The zero-order valence-corrected chi connectivity index (χ0v) is 14.3. The van der Waals surface area contributed by atoms with E-state index in [1.54, 1.807) is 36.4 Å². The Morgan fingerprint density at radius 2 is 1.78 bits per heavy atom. The number of nitrogens with zero attached hydrogens (tertiary/aromatic N) is 1. The molecule has 0 saturated carbocycles. The van der Waals surface area contributed by atoms with Gasteiger partial charge in [0.15, 0.2) is 0 Å². The van der Waals surface area contributed by atoms with E-state index in [0.717, 1.165) is 23.3 Å². The minimum absolute atomic E-state index is 0.0685. The smallest absolute Gasteiger partial charge is 0.384 e. The van der Waals surface area contributed by atoms with Gasteiger partial charge in [0.05, 0.1) is 11.3 Å². The molecule has 3 rings (SSSR count). The van der Waals surface area contributed by atoms with Crippen LogP contribution < -0.4 is 11.1 Å². The van der Waals surface area contributed by atoms with Crippen LogP contribution in [0.4, 0.5) is 24.7 Å². The molecule has 1 heterocycles. The normalized spacial score (nSPS) is 11.3. The molecule has 0 saturated heterocycles. The molecule has 0 unspecified atom stereocenters. The highest BCUT2D eigenvalue weighted by molar-refractivity contribution is 6.05. The fourth-order valence-electron chi connectivity index (χ4n) is 2.62. The minimum atomic E-state index is -4.48. The number of nitrogen functional groups attached to an aromatic ring is 1. The number of pyridine rings is 1. The lowest BCUT2D eigenvalue weighted by Crippen LogP contribution is -2.13. The third-order valence-electron chi connectivity index (χ3n) is 3.99. The Morgan fingerprint density at radius 1 is 1.04 bits per heavy atom. The Bertz CT molecular complexity index is 1000. The summed E-state index contributed by atoms with van der Waals surface area (Å²) in [7, 11) is 0. The Hall–Kier alpha value is -3.35. The molecule has 27 heavy (non-hydrogen) atoms. The van der Waals surface area contributed by atoms with Crippen molar-refractivity contribution in [2.24, 2.45) is 0 Å². The Balaban J connectivity index is 1.89. The van der Waals surface area contributed by atoms with Gasteiger partial charge in [-0.25, -0.2) is 4.98 Å². The summed E-state index contributed by atoms with van der Waals surface area (Å²) in [6.45, 7) is 1.87. The third kappa shape index (κ3) is 4.25. The van der Waals surface area contributed by atoms with Gasteiger partial charge in [0, 0.05) is 16.8 Å². The number of anilines is 2. The molecule has 1 aromatic heterocycles. The van der Waals surface area contributed by atoms with Crippen molar-refractivity contribution < 1.29 is 18.0 Å². The first kappa shape index (κ1) is 18.4. The van der Waals surface area contributed by atoms with Gasteiger partial charge in [-0.1, -0.05) is 18.2 Å². The number of nitrogens with two attached hydrogens (primary N) is 1. The van der Waals surface area contributed by atoms with Crippen LogP contribution in [0.15, 0.2) is 60.7 Å².